The fraction of sp³-hybridized carbons (Fsp3) is 0.667. The molecule has 2 aromatic rings. The largest absolute Gasteiger partial charge is 0.345 e. The maximum Gasteiger partial charge on any atom is 0.263 e. The minimum atomic E-state index is -0.220. The molecule has 0 atom stereocenters. The third-order valence-electron chi connectivity index (χ3n) is 3.13. The molecule has 2 aromatic heterocycles. The molecule has 0 spiro atoms. The van der Waals surface area contributed by atoms with Gasteiger partial charge in [0, 0.05) is 13.6 Å². The monoisotopic (exact) mass is 291 g/mol. The third-order valence-corrected chi connectivity index (χ3v) is 3.13. The molecular weight excluding hydrogens is 266 g/mol. The summed E-state index contributed by atoms with van der Waals surface area (Å²) in [6.07, 6.45) is 1.58. The van der Waals surface area contributed by atoms with Crippen molar-refractivity contribution in [2.45, 2.75) is 47.1 Å². The molecule has 116 valence electrons. The SMILES string of the molecule is CN(CC(C)(C)C)c1nc2c(cnn2C(C)(C)C)c(=O)[nH]1. The quantitative estimate of drug-likeness (QED) is 0.922. The minimum absolute atomic E-state index is 0.118. The van der Waals surface area contributed by atoms with Crippen LogP contribution in [-0.2, 0) is 5.54 Å². The summed E-state index contributed by atoms with van der Waals surface area (Å²) >= 11 is 0. The normalized spacial score (nSPS) is 12.9. The molecule has 6 heteroatoms. The Hall–Kier alpha value is -1.85. The van der Waals surface area contributed by atoms with Crippen molar-refractivity contribution in [2.75, 3.05) is 18.5 Å². The molecule has 2 rings (SSSR count). The number of aromatic amines is 1. The van der Waals surface area contributed by atoms with Crippen molar-refractivity contribution in [3.63, 3.8) is 0 Å². The summed E-state index contributed by atoms with van der Waals surface area (Å²) in [5.74, 6) is 0.577. The Bertz CT molecular complexity index is 699. The Balaban J connectivity index is 2.55. The van der Waals surface area contributed by atoms with Crippen LogP contribution in [0.2, 0.25) is 0 Å². The summed E-state index contributed by atoms with van der Waals surface area (Å²) in [7, 11) is 1.94. The van der Waals surface area contributed by atoms with Gasteiger partial charge in [0.05, 0.1) is 11.7 Å². The highest BCUT2D eigenvalue weighted by Gasteiger charge is 2.21. The molecule has 0 unspecified atom stereocenters. The van der Waals surface area contributed by atoms with E-state index in [1.807, 2.05) is 32.7 Å². The number of aromatic nitrogens is 4. The van der Waals surface area contributed by atoms with E-state index in [1.54, 1.807) is 10.9 Å². The summed E-state index contributed by atoms with van der Waals surface area (Å²) in [6.45, 7) is 13.4. The molecule has 0 aromatic carbocycles. The summed E-state index contributed by atoms with van der Waals surface area (Å²) in [4.78, 5) is 21.7. The van der Waals surface area contributed by atoms with Crippen molar-refractivity contribution in [1.82, 2.24) is 19.7 Å². The molecule has 6 nitrogen and oxygen atoms in total. The molecule has 2 heterocycles. The van der Waals surface area contributed by atoms with Gasteiger partial charge in [0.2, 0.25) is 5.95 Å². The fourth-order valence-electron chi connectivity index (χ4n) is 2.36. The Morgan fingerprint density at radius 1 is 1.24 bits per heavy atom. The number of nitrogens with one attached hydrogen (secondary N) is 1. The van der Waals surface area contributed by atoms with Crippen molar-refractivity contribution in [3.05, 3.63) is 16.6 Å². The van der Waals surface area contributed by atoms with Gasteiger partial charge in [-0.2, -0.15) is 10.1 Å². The minimum Gasteiger partial charge on any atom is -0.345 e. The van der Waals surface area contributed by atoms with Gasteiger partial charge in [0.1, 0.15) is 5.39 Å². The molecule has 0 saturated carbocycles. The Morgan fingerprint density at radius 3 is 2.38 bits per heavy atom. The van der Waals surface area contributed by atoms with Gasteiger partial charge < -0.3 is 4.90 Å². The van der Waals surface area contributed by atoms with Crippen molar-refractivity contribution in [1.29, 1.82) is 0 Å². The topological polar surface area (TPSA) is 66.8 Å². The second-order valence-electron chi connectivity index (χ2n) is 7.77. The third kappa shape index (κ3) is 3.25. The summed E-state index contributed by atoms with van der Waals surface area (Å²) < 4.78 is 1.80. The standard InChI is InChI=1S/C15H25N5O/c1-14(2,3)9-19(7)13-17-11-10(12(21)18-13)8-16-20(11)15(4,5)6/h8H,9H2,1-7H3,(H,17,18,21). The maximum absolute atomic E-state index is 12.2. The van der Waals surface area contributed by atoms with Crippen molar-refractivity contribution < 1.29 is 0 Å². The predicted molar refractivity (Wildman–Crippen MR) is 85.9 cm³/mol. The van der Waals surface area contributed by atoms with Crippen LogP contribution in [0.3, 0.4) is 0 Å². The maximum atomic E-state index is 12.2. The Kier molecular flexibility index (Phi) is 3.59. The van der Waals surface area contributed by atoms with Gasteiger partial charge in [-0.1, -0.05) is 20.8 Å². The lowest BCUT2D eigenvalue weighted by Crippen LogP contribution is -2.32. The van der Waals surface area contributed by atoms with Crippen LogP contribution in [0.1, 0.15) is 41.5 Å². The van der Waals surface area contributed by atoms with Gasteiger partial charge in [0.25, 0.3) is 5.56 Å². The number of hydrogen-bond acceptors (Lipinski definition) is 4. The van der Waals surface area contributed by atoms with E-state index < -0.39 is 0 Å². The Morgan fingerprint density at radius 2 is 1.86 bits per heavy atom. The number of nitrogens with zero attached hydrogens (tertiary/aromatic N) is 4. The first-order valence-electron chi connectivity index (χ1n) is 7.19. The van der Waals surface area contributed by atoms with E-state index >= 15 is 0 Å². The second kappa shape index (κ2) is 4.86. The van der Waals surface area contributed by atoms with Crippen LogP contribution >= 0.6 is 0 Å². The van der Waals surface area contributed by atoms with E-state index in [1.165, 1.54) is 0 Å². The lowest BCUT2D eigenvalue weighted by atomic mass is 9.96. The van der Waals surface area contributed by atoms with Crippen molar-refractivity contribution in [2.24, 2.45) is 5.41 Å². The van der Waals surface area contributed by atoms with Crippen LogP contribution in [0.4, 0.5) is 5.95 Å². The Labute approximate surface area is 125 Å². The van der Waals surface area contributed by atoms with Crippen molar-refractivity contribution >= 4 is 17.0 Å². The molecule has 0 aliphatic rings. The summed E-state index contributed by atoms with van der Waals surface area (Å²) in [5, 5.41) is 4.84. The summed E-state index contributed by atoms with van der Waals surface area (Å²) in [6, 6.07) is 0. The highest BCUT2D eigenvalue weighted by molar-refractivity contribution is 5.74. The average Bonchev–Trinajstić information content (AvgIpc) is 2.70. The molecule has 0 amide bonds. The van der Waals surface area contributed by atoms with Gasteiger partial charge in [-0.25, -0.2) is 4.68 Å². The number of hydrogen-bond donors (Lipinski definition) is 1. The molecule has 0 saturated heterocycles. The van der Waals surface area contributed by atoms with Gasteiger partial charge in [-0.3, -0.25) is 9.78 Å². The first-order valence-corrected chi connectivity index (χ1v) is 7.19. The number of fused-ring (bicyclic) bond motifs is 1. The second-order valence-corrected chi connectivity index (χ2v) is 7.77. The molecule has 0 fully saturated rings. The molecule has 0 bridgehead atoms. The number of H-pyrrole nitrogens is 1. The lowest BCUT2D eigenvalue weighted by Gasteiger charge is -2.27. The summed E-state index contributed by atoms with van der Waals surface area (Å²) in [5.41, 5.74) is 0.378. The molecule has 0 aliphatic heterocycles. The van der Waals surface area contributed by atoms with Gasteiger partial charge in [-0.05, 0) is 26.2 Å². The van der Waals surface area contributed by atoms with Crippen LogP contribution in [0, 0.1) is 5.41 Å². The van der Waals surface area contributed by atoms with Crippen LogP contribution in [-0.4, -0.2) is 33.3 Å². The first-order chi connectivity index (χ1) is 9.49. The highest BCUT2D eigenvalue weighted by atomic mass is 16.1. The highest BCUT2D eigenvalue weighted by Crippen LogP contribution is 2.21. The van der Waals surface area contributed by atoms with E-state index in [0.29, 0.717) is 17.0 Å². The zero-order valence-electron chi connectivity index (χ0n) is 14.0. The van der Waals surface area contributed by atoms with Crippen LogP contribution in [0.25, 0.3) is 11.0 Å². The van der Waals surface area contributed by atoms with Gasteiger partial charge in [0.15, 0.2) is 5.65 Å². The number of rotatable bonds is 2. The molecule has 0 aliphatic carbocycles. The smallest absolute Gasteiger partial charge is 0.263 e. The molecule has 1 N–H and O–H groups in total. The molecule has 0 radical (unpaired) electrons. The van der Waals surface area contributed by atoms with E-state index in [9.17, 15) is 4.79 Å². The average molecular weight is 291 g/mol. The predicted octanol–water partition coefficient (Wildman–Crippen LogP) is 2.36. The number of anilines is 1. The zero-order valence-corrected chi connectivity index (χ0v) is 14.0. The van der Waals surface area contributed by atoms with E-state index in [2.05, 4.69) is 35.8 Å². The zero-order chi connectivity index (χ0) is 16.0. The molecule has 21 heavy (non-hydrogen) atoms. The first kappa shape index (κ1) is 15.5. The van der Waals surface area contributed by atoms with Crippen LogP contribution in [0.5, 0.6) is 0 Å². The van der Waals surface area contributed by atoms with E-state index in [-0.39, 0.29) is 16.5 Å². The fourth-order valence-corrected chi connectivity index (χ4v) is 2.36. The van der Waals surface area contributed by atoms with Crippen LogP contribution in [0.15, 0.2) is 11.0 Å². The molecular formula is C15H25N5O. The van der Waals surface area contributed by atoms with Crippen molar-refractivity contribution in [3.8, 4) is 0 Å². The van der Waals surface area contributed by atoms with Crippen LogP contribution < -0.4 is 10.5 Å². The van der Waals surface area contributed by atoms with Gasteiger partial charge in [-0.15, -0.1) is 0 Å². The van der Waals surface area contributed by atoms with E-state index in [4.69, 9.17) is 0 Å². The van der Waals surface area contributed by atoms with E-state index in [0.717, 1.165) is 6.54 Å². The van der Waals surface area contributed by atoms with Gasteiger partial charge >= 0.3 is 0 Å². The lowest BCUT2D eigenvalue weighted by molar-refractivity contribution is 0.365.